The highest BCUT2D eigenvalue weighted by Crippen LogP contribution is 2.35. The van der Waals surface area contributed by atoms with Gasteiger partial charge in [-0.3, -0.25) is 4.79 Å². The molecule has 6 heteroatoms. The van der Waals surface area contributed by atoms with Gasteiger partial charge in [-0.25, -0.2) is 0 Å². The van der Waals surface area contributed by atoms with Crippen molar-refractivity contribution in [1.29, 1.82) is 0 Å². The first-order valence-electron chi connectivity index (χ1n) is 6.98. The summed E-state index contributed by atoms with van der Waals surface area (Å²) in [4.78, 5) is 11.1. The molecule has 1 aromatic carbocycles. The topological polar surface area (TPSA) is 73.6 Å². The summed E-state index contributed by atoms with van der Waals surface area (Å²) in [5.74, 6) is 0.376. The van der Waals surface area contributed by atoms with Gasteiger partial charge in [0.05, 0.1) is 19.6 Å². The van der Waals surface area contributed by atoms with Gasteiger partial charge in [-0.05, 0) is 19.0 Å². The lowest BCUT2D eigenvalue weighted by Crippen LogP contribution is -2.26. The summed E-state index contributed by atoms with van der Waals surface area (Å²) < 4.78 is 11.1. The number of nitrogens with two attached hydrogens (primary N) is 1. The lowest BCUT2D eigenvalue weighted by atomic mass is 10.1. The van der Waals surface area contributed by atoms with Crippen LogP contribution in [0.3, 0.4) is 0 Å². The SMILES string of the molecule is CCCNCc1cc(Cl)cc(OC)c1OCC(C)C(N)=O. The average Bonchev–Trinajstić information content (AvgIpc) is 2.45. The molecule has 1 unspecified atom stereocenters. The molecule has 0 fully saturated rings. The van der Waals surface area contributed by atoms with Crippen LogP contribution in [0, 0.1) is 5.92 Å². The van der Waals surface area contributed by atoms with Gasteiger partial charge < -0.3 is 20.5 Å². The zero-order valence-corrected chi connectivity index (χ0v) is 13.5. The van der Waals surface area contributed by atoms with Crippen LogP contribution in [-0.4, -0.2) is 26.2 Å². The summed E-state index contributed by atoms with van der Waals surface area (Å²) in [6.45, 7) is 5.53. The lowest BCUT2D eigenvalue weighted by molar-refractivity contribution is -0.122. The van der Waals surface area contributed by atoms with Crippen LogP contribution in [0.4, 0.5) is 0 Å². The van der Waals surface area contributed by atoms with E-state index in [1.165, 1.54) is 0 Å². The molecule has 3 N–H and O–H groups in total. The molecule has 0 heterocycles. The first-order valence-corrected chi connectivity index (χ1v) is 7.36. The molecule has 0 spiro atoms. The number of carbonyl (C=O) groups excluding carboxylic acids is 1. The van der Waals surface area contributed by atoms with Gasteiger partial charge >= 0.3 is 0 Å². The summed E-state index contributed by atoms with van der Waals surface area (Å²) in [7, 11) is 1.55. The van der Waals surface area contributed by atoms with Crippen molar-refractivity contribution in [3.8, 4) is 11.5 Å². The third-order valence-corrected chi connectivity index (χ3v) is 3.24. The molecule has 1 aromatic rings. The largest absolute Gasteiger partial charge is 0.493 e. The molecule has 0 aromatic heterocycles. The summed E-state index contributed by atoms with van der Waals surface area (Å²) >= 11 is 6.09. The number of benzene rings is 1. The number of hydrogen-bond donors (Lipinski definition) is 2. The number of halogens is 1. The molecule has 1 rings (SSSR count). The molecule has 0 aliphatic carbocycles. The van der Waals surface area contributed by atoms with Crippen LogP contribution in [0.2, 0.25) is 5.02 Å². The Labute approximate surface area is 130 Å². The van der Waals surface area contributed by atoms with Crippen LogP contribution in [0.15, 0.2) is 12.1 Å². The van der Waals surface area contributed by atoms with E-state index in [1.807, 2.05) is 6.07 Å². The number of carbonyl (C=O) groups is 1. The van der Waals surface area contributed by atoms with Crippen LogP contribution < -0.4 is 20.5 Å². The minimum absolute atomic E-state index is 0.202. The third-order valence-electron chi connectivity index (χ3n) is 3.02. The molecule has 1 atom stereocenters. The first-order chi connectivity index (χ1) is 9.99. The molecular formula is C15H23ClN2O3. The Morgan fingerprint density at radius 2 is 2.19 bits per heavy atom. The van der Waals surface area contributed by atoms with E-state index in [2.05, 4.69) is 12.2 Å². The second-order valence-corrected chi connectivity index (χ2v) is 5.32. The van der Waals surface area contributed by atoms with Crippen LogP contribution in [0.1, 0.15) is 25.8 Å². The van der Waals surface area contributed by atoms with E-state index < -0.39 is 5.91 Å². The molecule has 0 bridgehead atoms. The van der Waals surface area contributed by atoms with Crippen molar-refractivity contribution in [2.24, 2.45) is 11.7 Å². The summed E-state index contributed by atoms with van der Waals surface area (Å²) in [6.07, 6.45) is 1.03. The third kappa shape index (κ3) is 5.44. The molecule has 0 saturated carbocycles. The maximum Gasteiger partial charge on any atom is 0.223 e. The predicted octanol–water partition coefficient (Wildman–Crippen LogP) is 2.35. The van der Waals surface area contributed by atoms with Crippen molar-refractivity contribution in [3.05, 3.63) is 22.7 Å². The zero-order chi connectivity index (χ0) is 15.8. The fraction of sp³-hybridized carbons (Fsp3) is 0.533. The summed E-state index contributed by atoms with van der Waals surface area (Å²) in [5, 5.41) is 3.87. The van der Waals surface area contributed by atoms with Crippen molar-refractivity contribution in [2.45, 2.75) is 26.8 Å². The maximum atomic E-state index is 11.1. The van der Waals surface area contributed by atoms with Gasteiger partial charge in [0.1, 0.15) is 0 Å². The van der Waals surface area contributed by atoms with Crippen molar-refractivity contribution < 1.29 is 14.3 Å². The number of amides is 1. The number of hydrogen-bond acceptors (Lipinski definition) is 4. The standard InChI is InChI=1S/C15H23ClN2O3/c1-4-5-18-8-11-6-12(16)7-13(20-3)14(11)21-9-10(2)15(17)19/h6-7,10,18H,4-5,8-9H2,1-3H3,(H2,17,19). The minimum Gasteiger partial charge on any atom is -0.493 e. The minimum atomic E-state index is -0.395. The van der Waals surface area contributed by atoms with Gasteiger partial charge in [0, 0.05) is 23.2 Å². The normalized spacial score (nSPS) is 12.0. The fourth-order valence-corrected chi connectivity index (χ4v) is 1.99. The van der Waals surface area contributed by atoms with Gasteiger partial charge in [0.2, 0.25) is 5.91 Å². The van der Waals surface area contributed by atoms with E-state index in [1.54, 1.807) is 20.1 Å². The number of ether oxygens (including phenoxy) is 2. The Morgan fingerprint density at radius 3 is 2.76 bits per heavy atom. The van der Waals surface area contributed by atoms with Gasteiger partial charge in [0.25, 0.3) is 0 Å². The van der Waals surface area contributed by atoms with Gasteiger partial charge in [-0.1, -0.05) is 25.4 Å². The highest BCUT2D eigenvalue weighted by Gasteiger charge is 2.16. The van der Waals surface area contributed by atoms with E-state index in [4.69, 9.17) is 26.8 Å². The smallest absolute Gasteiger partial charge is 0.223 e. The van der Waals surface area contributed by atoms with Crippen LogP contribution in [0.5, 0.6) is 11.5 Å². The second-order valence-electron chi connectivity index (χ2n) is 4.89. The summed E-state index contributed by atoms with van der Waals surface area (Å²) in [6, 6.07) is 3.52. The Kier molecular flexibility index (Phi) is 7.32. The average molecular weight is 315 g/mol. The molecular weight excluding hydrogens is 292 g/mol. The van der Waals surface area contributed by atoms with Crippen molar-refractivity contribution in [3.63, 3.8) is 0 Å². The highest BCUT2D eigenvalue weighted by molar-refractivity contribution is 6.30. The van der Waals surface area contributed by atoms with Crippen LogP contribution in [0.25, 0.3) is 0 Å². The Morgan fingerprint density at radius 1 is 1.48 bits per heavy atom. The molecule has 0 aliphatic rings. The first kappa shape index (κ1) is 17.6. The predicted molar refractivity (Wildman–Crippen MR) is 83.9 cm³/mol. The molecule has 5 nitrogen and oxygen atoms in total. The van der Waals surface area contributed by atoms with E-state index in [0.29, 0.717) is 23.1 Å². The van der Waals surface area contributed by atoms with E-state index in [0.717, 1.165) is 18.5 Å². The molecule has 0 aliphatic heterocycles. The molecule has 0 radical (unpaired) electrons. The molecule has 0 saturated heterocycles. The van der Waals surface area contributed by atoms with Gasteiger partial charge in [0.15, 0.2) is 11.5 Å². The monoisotopic (exact) mass is 314 g/mol. The van der Waals surface area contributed by atoms with Crippen LogP contribution >= 0.6 is 11.6 Å². The molecule has 21 heavy (non-hydrogen) atoms. The Bertz CT molecular complexity index is 480. The van der Waals surface area contributed by atoms with E-state index >= 15 is 0 Å². The van der Waals surface area contributed by atoms with Crippen molar-refractivity contribution in [1.82, 2.24) is 5.32 Å². The Balaban J connectivity index is 2.93. The van der Waals surface area contributed by atoms with Gasteiger partial charge in [-0.2, -0.15) is 0 Å². The molecule has 118 valence electrons. The lowest BCUT2D eigenvalue weighted by Gasteiger charge is -2.17. The molecule has 1 amide bonds. The fourth-order valence-electron chi connectivity index (χ4n) is 1.76. The maximum absolute atomic E-state index is 11.1. The van der Waals surface area contributed by atoms with Crippen molar-refractivity contribution in [2.75, 3.05) is 20.3 Å². The van der Waals surface area contributed by atoms with E-state index in [-0.39, 0.29) is 12.5 Å². The Hall–Kier alpha value is -1.46. The highest BCUT2D eigenvalue weighted by atomic mass is 35.5. The zero-order valence-electron chi connectivity index (χ0n) is 12.7. The number of rotatable bonds is 9. The number of nitrogens with one attached hydrogen (secondary N) is 1. The number of methoxy groups -OCH3 is 1. The number of primary amides is 1. The van der Waals surface area contributed by atoms with Crippen molar-refractivity contribution >= 4 is 17.5 Å². The summed E-state index contributed by atoms with van der Waals surface area (Å²) in [5.41, 5.74) is 6.14. The van der Waals surface area contributed by atoms with E-state index in [9.17, 15) is 4.79 Å². The van der Waals surface area contributed by atoms with Crippen LogP contribution in [-0.2, 0) is 11.3 Å². The second kappa shape index (κ2) is 8.74. The van der Waals surface area contributed by atoms with Gasteiger partial charge in [-0.15, -0.1) is 0 Å². The quantitative estimate of drug-likeness (QED) is 0.686.